The lowest BCUT2D eigenvalue weighted by molar-refractivity contribution is 0.0526. The molecule has 7 heteroatoms. The second-order valence-electron chi connectivity index (χ2n) is 5.81. The summed E-state index contributed by atoms with van der Waals surface area (Å²) in [5, 5.41) is 3.26. The fourth-order valence-corrected chi connectivity index (χ4v) is 2.68. The van der Waals surface area contributed by atoms with Crippen molar-refractivity contribution in [3.63, 3.8) is 0 Å². The van der Waals surface area contributed by atoms with Crippen molar-refractivity contribution < 1.29 is 14.3 Å². The van der Waals surface area contributed by atoms with Crippen LogP contribution in [-0.2, 0) is 18.3 Å². The van der Waals surface area contributed by atoms with Gasteiger partial charge in [-0.25, -0.2) is 9.78 Å². The van der Waals surface area contributed by atoms with Gasteiger partial charge in [0.05, 0.1) is 29.7 Å². The number of hydrogen-bond acceptors (Lipinski definition) is 5. The van der Waals surface area contributed by atoms with E-state index < -0.39 is 5.91 Å². The predicted molar refractivity (Wildman–Crippen MR) is 99.0 cm³/mol. The number of primary amides is 1. The lowest BCUT2D eigenvalue weighted by Gasteiger charge is -2.07. The van der Waals surface area contributed by atoms with Crippen LogP contribution in [0.1, 0.15) is 33.5 Å². The van der Waals surface area contributed by atoms with Crippen LogP contribution >= 0.6 is 0 Å². The lowest BCUT2D eigenvalue weighted by atomic mass is 10.2. The lowest BCUT2D eigenvalue weighted by Crippen LogP contribution is -2.11. The molecule has 2 aromatic carbocycles. The van der Waals surface area contributed by atoms with Gasteiger partial charge in [-0.15, -0.1) is 0 Å². The molecular weight excluding hydrogens is 332 g/mol. The number of aryl methyl sites for hydroxylation is 1. The Balaban J connectivity index is 1.78. The van der Waals surface area contributed by atoms with Crippen LogP contribution in [0.5, 0.6) is 0 Å². The zero-order chi connectivity index (χ0) is 18.7. The van der Waals surface area contributed by atoms with Crippen LogP contribution in [0.4, 0.5) is 5.69 Å². The van der Waals surface area contributed by atoms with Crippen molar-refractivity contribution in [2.45, 2.75) is 13.5 Å². The summed E-state index contributed by atoms with van der Waals surface area (Å²) in [7, 11) is 1.92. The molecule has 134 valence electrons. The summed E-state index contributed by atoms with van der Waals surface area (Å²) in [4.78, 5) is 27.6. The number of carbonyl (C=O) groups is 2. The standard InChI is InChI=1S/C19H20N4O3/c1-3-26-19(25)13-6-9-16-15(10-13)22-17(23(16)2)11-21-14-7-4-12(5-8-14)18(20)24/h4-10,21H,3,11H2,1-2H3,(H2,20,24). The molecular formula is C19H20N4O3. The Morgan fingerprint density at radius 2 is 1.85 bits per heavy atom. The zero-order valence-electron chi connectivity index (χ0n) is 14.7. The van der Waals surface area contributed by atoms with E-state index in [4.69, 9.17) is 10.5 Å². The first-order valence-electron chi connectivity index (χ1n) is 8.25. The van der Waals surface area contributed by atoms with Gasteiger partial charge in [-0.1, -0.05) is 0 Å². The number of esters is 1. The van der Waals surface area contributed by atoms with Crippen LogP contribution < -0.4 is 11.1 Å². The van der Waals surface area contributed by atoms with Crippen molar-refractivity contribution >= 4 is 28.6 Å². The zero-order valence-corrected chi connectivity index (χ0v) is 14.7. The largest absolute Gasteiger partial charge is 0.462 e. The van der Waals surface area contributed by atoms with Crippen LogP contribution in [-0.4, -0.2) is 28.0 Å². The number of amides is 1. The fourth-order valence-electron chi connectivity index (χ4n) is 2.68. The molecule has 0 spiro atoms. The van der Waals surface area contributed by atoms with E-state index in [1.54, 1.807) is 43.3 Å². The van der Waals surface area contributed by atoms with E-state index in [0.717, 1.165) is 22.5 Å². The van der Waals surface area contributed by atoms with E-state index in [1.807, 2.05) is 17.7 Å². The third-order valence-electron chi connectivity index (χ3n) is 4.10. The summed E-state index contributed by atoms with van der Waals surface area (Å²) in [5.74, 6) is 0.0126. The molecule has 0 aliphatic heterocycles. The highest BCUT2D eigenvalue weighted by atomic mass is 16.5. The number of imidazole rings is 1. The number of ether oxygens (including phenoxy) is 1. The van der Waals surface area contributed by atoms with Crippen molar-refractivity contribution in [1.82, 2.24) is 9.55 Å². The number of nitrogens with zero attached hydrogens (tertiary/aromatic N) is 2. The highest BCUT2D eigenvalue weighted by molar-refractivity contribution is 5.94. The fraction of sp³-hybridized carbons (Fsp3) is 0.211. The van der Waals surface area contributed by atoms with Crippen molar-refractivity contribution in [1.29, 1.82) is 0 Å². The number of fused-ring (bicyclic) bond motifs is 1. The monoisotopic (exact) mass is 352 g/mol. The van der Waals surface area contributed by atoms with E-state index in [2.05, 4.69) is 10.3 Å². The number of hydrogen-bond donors (Lipinski definition) is 2. The number of rotatable bonds is 6. The normalized spacial score (nSPS) is 10.7. The number of anilines is 1. The molecule has 7 nitrogen and oxygen atoms in total. The highest BCUT2D eigenvalue weighted by Crippen LogP contribution is 2.19. The van der Waals surface area contributed by atoms with Gasteiger partial charge in [0.2, 0.25) is 5.91 Å². The van der Waals surface area contributed by atoms with Gasteiger partial charge in [0, 0.05) is 18.3 Å². The number of nitrogens with one attached hydrogen (secondary N) is 1. The molecule has 0 radical (unpaired) electrons. The van der Waals surface area contributed by atoms with Crippen molar-refractivity contribution in [2.24, 2.45) is 12.8 Å². The van der Waals surface area contributed by atoms with Crippen LogP contribution in [0, 0.1) is 0 Å². The maximum Gasteiger partial charge on any atom is 0.338 e. The summed E-state index contributed by atoms with van der Waals surface area (Å²) in [5.41, 5.74) is 8.71. The number of benzene rings is 2. The first kappa shape index (κ1) is 17.5. The van der Waals surface area contributed by atoms with Crippen molar-refractivity contribution in [3.05, 3.63) is 59.4 Å². The topological polar surface area (TPSA) is 99.2 Å². The number of aromatic nitrogens is 2. The van der Waals surface area contributed by atoms with Crippen molar-refractivity contribution in [3.8, 4) is 0 Å². The van der Waals surface area contributed by atoms with E-state index in [9.17, 15) is 9.59 Å². The Bertz CT molecular complexity index is 961. The van der Waals surface area contributed by atoms with Crippen LogP contribution in [0.15, 0.2) is 42.5 Å². The molecule has 0 fully saturated rings. The van der Waals surface area contributed by atoms with E-state index in [0.29, 0.717) is 24.3 Å². The summed E-state index contributed by atoms with van der Waals surface area (Å²) in [6.45, 7) is 2.61. The predicted octanol–water partition coefficient (Wildman–Crippen LogP) is 2.46. The summed E-state index contributed by atoms with van der Waals surface area (Å²) in [6.07, 6.45) is 0. The van der Waals surface area contributed by atoms with E-state index in [1.165, 1.54) is 0 Å². The first-order valence-corrected chi connectivity index (χ1v) is 8.25. The van der Waals surface area contributed by atoms with E-state index >= 15 is 0 Å². The number of carbonyl (C=O) groups excluding carboxylic acids is 2. The molecule has 1 aromatic heterocycles. The Labute approximate surface area is 150 Å². The minimum atomic E-state index is -0.454. The number of nitrogens with two attached hydrogens (primary N) is 1. The third kappa shape index (κ3) is 3.51. The second kappa shape index (κ2) is 7.26. The highest BCUT2D eigenvalue weighted by Gasteiger charge is 2.12. The molecule has 1 amide bonds. The molecule has 0 saturated carbocycles. The first-order chi connectivity index (χ1) is 12.5. The molecule has 0 aliphatic rings. The quantitative estimate of drug-likeness (QED) is 0.664. The second-order valence-corrected chi connectivity index (χ2v) is 5.81. The van der Waals surface area contributed by atoms with Gasteiger partial charge in [0.1, 0.15) is 5.82 Å². The molecule has 0 saturated heterocycles. The summed E-state index contributed by atoms with van der Waals surface area (Å²) in [6, 6.07) is 12.3. The average molecular weight is 352 g/mol. The smallest absolute Gasteiger partial charge is 0.338 e. The maximum atomic E-state index is 11.9. The van der Waals surface area contributed by atoms with Gasteiger partial charge < -0.3 is 20.4 Å². The maximum absolute atomic E-state index is 11.9. The van der Waals surface area contributed by atoms with Gasteiger partial charge in [-0.2, -0.15) is 0 Å². The van der Waals surface area contributed by atoms with Gasteiger partial charge in [0.25, 0.3) is 0 Å². The minimum absolute atomic E-state index is 0.336. The van der Waals surface area contributed by atoms with Crippen molar-refractivity contribution in [2.75, 3.05) is 11.9 Å². The average Bonchev–Trinajstić information content (AvgIpc) is 2.96. The van der Waals surface area contributed by atoms with E-state index in [-0.39, 0.29) is 5.97 Å². The minimum Gasteiger partial charge on any atom is -0.462 e. The van der Waals surface area contributed by atoms with Gasteiger partial charge in [-0.3, -0.25) is 4.79 Å². The molecule has 26 heavy (non-hydrogen) atoms. The summed E-state index contributed by atoms with van der Waals surface area (Å²) < 4.78 is 6.99. The molecule has 1 heterocycles. The Morgan fingerprint density at radius 3 is 2.50 bits per heavy atom. The van der Waals surface area contributed by atoms with Crippen LogP contribution in [0.3, 0.4) is 0 Å². The molecule has 0 unspecified atom stereocenters. The Morgan fingerprint density at radius 1 is 1.15 bits per heavy atom. The SMILES string of the molecule is CCOC(=O)c1ccc2c(c1)nc(CNc1ccc(C(N)=O)cc1)n2C. The van der Waals surface area contributed by atoms with Gasteiger partial charge in [-0.05, 0) is 49.4 Å². The Kier molecular flexibility index (Phi) is 4.88. The molecule has 3 N–H and O–H groups in total. The molecule has 3 rings (SSSR count). The van der Waals surface area contributed by atoms with Gasteiger partial charge >= 0.3 is 5.97 Å². The molecule has 0 bridgehead atoms. The van der Waals surface area contributed by atoms with Crippen LogP contribution in [0.25, 0.3) is 11.0 Å². The van der Waals surface area contributed by atoms with Gasteiger partial charge in [0.15, 0.2) is 0 Å². The molecule has 0 aliphatic carbocycles. The Hall–Kier alpha value is -3.35. The summed E-state index contributed by atoms with van der Waals surface area (Å²) >= 11 is 0. The van der Waals surface area contributed by atoms with Crippen LogP contribution in [0.2, 0.25) is 0 Å². The third-order valence-corrected chi connectivity index (χ3v) is 4.10. The molecule has 0 atom stereocenters. The molecule has 3 aromatic rings.